The van der Waals surface area contributed by atoms with Gasteiger partial charge in [0.2, 0.25) is 11.8 Å². The molecule has 0 aliphatic rings. The first-order valence-electron chi connectivity index (χ1n) is 11.8. The Bertz CT molecular complexity index is 1140. The monoisotopic (exact) mass is 512 g/mol. The molecule has 3 aromatic rings. The molecule has 0 radical (unpaired) electrons. The van der Waals surface area contributed by atoms with Crippen molar-refractivity contribution in [3.8, 4) is 5.69 Å². The third kappa shape index (κ3) is 7.61. The van der Waals surface area contributed by atoms with Gasteiger partial charge in [-0.3, -0.25) is 9.59 Å². The van der Waals surface area contributed by atoms with Crippen molar-refractivity contribution in [3.05, 3.63) is 71.4 Å². The van der Waals surface area contributed by atoms with Crippen LogP contribution in [0.5, 0.6) is 0 Å². The summed E-state index contributed by atoms with van der Waals surface area (Å²) in [5.74, 6) is 0.479. The van der Waals surface area contributed by atoms with Gasteiger partial charge in [-0.05, 0) is 30.7 Å². The van der Waals surface area contributed by atoms with Gasteiger partial charge in [0.1, 0.15) is 5.82 Å². The lowest BCUT2D eigenvalue weighted by Gasteiger charge is -2.22. The van der Waals surface area contributed by atoms with Gasteiger partial charge in [-0.15, -0.1) is 11.8 Å². The Labute approximate surface area is 217 Å². The number of hydrogen-bond donors (Lipinski definition) is 1. The largest absolute Gasteiger partial charge is 0.333 e. The van der Waals surface area contributed by atoms with Crippen molar-refractivity contribution in [3.63, 3.8) is 0 Å². The zero-order valence-corrected chi connectivity index (χ0v) is 22.3. The lowest BCUT2D eigenvalue weighted by Crippen LogP contribution is -2.39. The third-order valence-electron chi connectivity index (χ3n) is 5.40. The predicted molar refractivity (Wildman–Crippen MR) is 145 cm³/mol. The van der Waals surface area contributed by atoms with Gasteiger partial charge in [-0.2, -0.15) is 5.10 Å². The lowest BCUT2D eigenvalue weighted by molar-refractivity contribution is -0.132. The van der Waals surface area contributed by atoms with E-state index < -0.39 is 0 Å². The molecule has 8 heteroatoms. The molecule has 0 bridgehead atoms. The summed E-state index contributed by atoms with van der Waals surface area (Å²) in [6, 6.07) is 19.0. The number of nitrogens with one attached hydrogen (secondary N) is 1. The standard InChI is InChI=1S/C27H33ClN4O2S/c1-5-6-16-31(26(34)19-35-20-12-8-7-9-13-20)18-25(33)29-24-17-23(27(2,3)4)30-32(24)22-15-11-10-14-21(22)28/h7-15,17H,5-6,16,18-19H2,1-4H3,(H,29,33). The lowest BCUT2D eigenvalue weighted by atomic mass is 9.92. The topological polar surface area (TPSA) is 67.2 Å². The number of nitrogens with zero attached hydrogens (tertiary/aromatic N) is 3. The summed E-state index contributed by atoms with van der Waals surface area (Å²) >= 11 is 7.91. The van der Waals surface area contributed by atoms with Crippen molar-refractivity contribution < 1.29 is 9.59 Å². The molecule has 0 atom stereocenters. The van der Waals surface area contributed by atoms with E-state index in [-0.39, 0.29) is 29.5 Å². The van der Waals surface area contributed by atoms with Crippen LogP contribution in [0.15, 0.2) is 65.6 Å². The molecule has 1 aromatic heterocycles. The van der Waals surface area contributed by atoms with Gasteiger partial charge >= 0.3 is 0 Å². The number of hydrogen-bond acceptors (Lipinski definition) is 4. The van der Waals surface area contributed by atoms with Crippen LogP contribution in [0.1, 0.15) is 46.2 Å². The van der Waals surface area contributed by atoms with Crippen LogP contribution in [0.25, 0.3) is 5.69 Å². The smallest absolute Gasteiger partial charge is 0.245 e. The molecule has 0 unspecified atom stereocenters. The summed E-state index contributed by atoms with van der Waals surface area (Å²) in [6.45, 7) is 8.77. The first-order valence-corrected chi connectivity index (χ1v) is 13.2. The van der Waals surface area contributed by atoms with Gasteiger partial charge in [0.15, 0.2) is 0 Å². The highest BCUT2D eigenvalue weighted by Crippen LogP contribution is 2.29. The molecule has 2 amide bonds. The van der Waals surface area contributed by atoms with E-state index in [4.69, 9.17) is 16.7 Å². The van der Waals surface area contributed by atoms with Gasteiger partial charge < -0.3 is 10.2 Å². The minimum Gasteiger partial charge on any atom is -0.333 e. The van der Waals surface area contributed by atoms with Crippen LogP contribution in [0.4, 0.5) is 5.82 Å². The van der Waals surface area contributed by atoms with E-state index in [1.165, 1.54) is 11.8 Å². The van der Waals surface area contributed by atoms with Crippen LogP contribution in [0.3, 0.4) is 0 Å². The summed E-state index contributed by atoms with van der Waals surface area (Å²) in [5.41, 5.74) is 1.29. The number of anilines is 1. The van der Waals surface area contributed by atoms with Gasteiger partial charge in [-0.25, -0.2) is 4.68 Å². The molecule has 186 valence electrons. The second-order valence-electron chi connectivity index (χ2n) is 9.35. The van der Waals surface area contributed by atoms with Crippen molar-refractivity contribution in [1.82, 2.24) is 14.7 Å². The highest BCUT2D eigenvalue weighted by Gasteiger charge is 2.23. The quantitative estimate of drug-likeness (QED) is 0.329. The van der Waals surface area contributed by atoms with Crippen molar-refractivity contribution in [1.29, 1.82) is 0 Å². The van der Waals surface area contributed by atoms with Crippen LogP contribution < -0.4 is 5.32 Å². The molecule has 0 saturated carbocycles. The fraction of sp³-hybridized carbons (Fsp3) is 0.370. The number of halogens is 1. The molecular formula is C27H33ClN4O2S. The first kappa shape index (κ1) is 26.8. The van der Waals surface area contributed by atoms with E-state index >= 15 is 0 Å². The molecule has 35 heavy (non-hydrogen) atoms. The summed E-state index contributed by atoms with van der Waals surface area (Å²) in [7, 11) is 0. The number of rotatable bonds is 10. The Morgan fingerprint density at radius 2 is 1.77 bits per heavy atom. The number of amides is 2. The molecule has 0 spiro atoms. The molecular weight excluding hydrogens is 480 g/mol. The molecule has 2 aromatic carbocycles. The minimum atomic E-state index is -0.271. The van der Waals surface area contributed by atoms with E-state index in [9.17, 15) is 9.59 Å². The van der Waals surface area contributed by atoms with E-state index in [2.05, 4.69) is 33.0 Å². The average molecular weight is 513 g/mol. The number of aromatic nitrogens is 2. The molecule has 3 rings (SSSR count). The van der Waals surface area contributed by atoms with E-state index in [0.29, 0.717) is 23.1 Å². The predicted octanol–water partition coefficient (Wildman–Crippen LogP) is 6.18. The van der Waals surface area contributed by atoms with Crippen molar-refractivity contribution in [2.45, 2.75) is 50.8 Å². The number of unbranched alkanes of at least 4 members (excludes halogenated alkanes) is 1. The molecule has 0 aliphatic carbocycles. The highest BCUT2D eigenvalue weighted by atomic mass is 35.5. The number of carbonyl (C=O) groups is 2. The third-order valence-corrected chi connectivity index (χ3v) is 6.72. The fourth-order valence-electron chi connectivity index (χ4n) is 3.39. The maximum atomic E-state index is 13.1. The molecule has 0 aliphatic heterocycles. The number of para-hydroxylation sites is 1. The molecule has 0 fully saturated rings. The first-order chi connectivity index (χ1) is 16.7. The molecule has 0 saturated heterocycles. The number of benzene rings is 2. The van der Waals surface area contributed by atoms with Crippen LogP contribution >= 0.6 is 23.4 Å². The number of thioether (sulfide) groups is 1. The Morgan fingerprint density at radius 1 is 1.09 bits per heavy atom. The highest BCUT2D eigenvalue weighted by molar-refractivity contribution is 8.00. The van der Waals surface area contributed by atoms with Crippen molar-refractivity contribution in [2.24, 2.45) is 0 Å². The van der Waals surface area contributed by atoms with E-state index in [1.54, 1.807) is 15.6 Å². The van der Waals surface area contributed by atoms with Crippen LogP contribution in [0, 0.1) is 0 Å². The maximum Gasteiger partial charge on any atom is 0.245 e. The molecule has 1 N–H and O–H groups in total. The average Bonchev–Trinajstić information content (AvgIpc) is 3.25. The zero-order valence-electron chi connectivity index (χ0n) is 20.8. The zero-order chi connectivity index (χ0) is 25.4. The Hall–Kier alpha value is -2.77. The summed E-state index contributed by atoms with van der Waals surface area (Å²) in [4.78, 5) is 28.7. The van der Waals surface area contributed by atoms with Gasteiger partial charge in [0, 0.05) is 22.9 Å². The second-order valence-corrected chi connectivity index (χ2v) is 10.8. The van der Waals surface area contributed by atoms with Crippen LogP contribution in [-0.4, -0.2) is 45.3 Å². The summed E-state index contributed by atoms with van der Waals surface area (Å²) < 4.78 is 1.66. The van der Waals surface area contributed by atoms with Gasteiger partial charge in [0.25, 0.3) is 0 Å². The normalized spacial score (nSPS) is 11.3. The summed E-state index contributed by atoms with van der Waals surface area (Å²) in [5, 5.41) is 8.22. The second kappa shape index (κ2) is 12.3. The molecule has 1 heterocycles. The molecule has 6 nitrogen and oxygen atoms in total. The maximum absolute atomic E-state index is 13.1. The number of carbonyl (C=O) groups excluding carboxylic acids is 2. The SMILES string of the molecule is CCCCN(CC(=O)Nc1cc(C(C)(C)C)nn1-c1ccccc1Cl)C(=O)CSc1ccccc1. The Morgan fingerprint density at radius 3 is 2.43 bits per heavy atom. The van der Waals surface area contributed by atoms with Gasteiger partial charge in [0.05, 0.1) is 28.7 Å². The Kier molecular flexibility index (Phi) is 9.40. The van der Waals surface area contributed by atoms with Gasteiger partial charge in [-0.1, -0.05) is 76.0 Å². The van der Waals surface area contributed by atoms with Crippen molar-refractivity contribution in [2.75, 3.05) is 24.2 Å². The van der Waals surface area contributed by atoms with Crippen LogP contribution in [-0.2, 0) is 15.0 Å². The van der Waals surface area contributed by atoms with E-state index in [0.717, 1.165) is 23.4 Å². The van der Waals surface area contributed by atoms with Crippen LogP contribution in [0.2, 0.25) is 5.02 Å². The minimum absolute atomic E-state index is 0.0211. The fourth-order valence-corrected chi connectivity index (χ4v) is 4.43. The van der Waals surface area contributed by atoms with Crippen molar-refractivity contribution >= 4 is 41.0 Å². The van der Waals surface area contributed by atoms with E-state index in [1.807, 2.05) is 54.6 Å². The Balaban J connectivity index is 1.76. The summed E-state index contributed by atoms with van der Waals surface area (Å²) in [6.07, 6.45) is 1.77.